The number of amidine groups is 1. The molecule has 0 radical (unpaired) electrons. The lowest BCUT2D eigenvalue weighted by Gasteiger charge is -2.09. The Labute approximate surface area is 115 Å². The van der Waals surface area contributed by atoms with Crippen LogP contribution in [0.25, 0.3) is 0 Å². The number of nitrogens with two attached hydrogens (primary N) is 3. The Balaban J connectivity index is 3.12. The fourth-order valence-corrected chi connectivity index (χ4v) is 1.37. The van der Waals surface area contributed by atoms with Crippen LogP contribution in [0.2, 0.25) is 5.15 Å². The number of aliphatic imine (C=N–C) groups is 1. The number of anilines is 2. The van der Waals surface area contributed by atoms with Crippen LogP contribution in [0.3, 0.4) is 0 Å². The van der Waals surface area contributed by atoms with E-state index in [1.165, 1.54) is 0 Å². The second-order valence-corrected chi connectivity index (χ2v) is 4.06. The molecule has 0 aliphatic rings. The van der Waals surface area contributed by atoms with Gasteiger partial charge in [-0.05, 0) is 6.42 Å². The summed E-state index contributed by atoms with van der Waals surface area (Å²) >= 11 is 5.77. The van der Waals surface area contributed by atoms with Gasteiger partial charge in [0.05, 0.1) is 0 Å². The summed E-state index contributed by atoms with van der Waals surface area (Å²) in [4.78, 5) is 22.8. The molecule has 0 aliphatic carbocycles. The van der Waals surface area contributed by atoms with Crippen LogP contribution in [0.5, 0.6) is 0 Å². The van der Waals surface area contributed by atoms with Gasteiger partial charge in [0, 0.05) is 6.54 Å². The van der Waals surface area contributed by atoms with Gasteiger partial charge < -0.3 is 17.2 Å². The number of primary amides is 1. The summed E-state index contributed by atoms with van der Waals surface area (Å²) in [7, 11) is 0. The highest BCUT2D eigenvalue weighted by Crippen LogP contribution is 2.19. The number of nitrogen functional groups attached to an aromatic ring is 1. The van der Waals surface area contributed by atoms with Crippen molar-refractivity contribution in [3.05, 3.63) is 10.8 Å². The number of hydrogen-bond acceptors (Lipinski definition) is 5. The number of rotatable bonds is 5. The first-order valence-electron chi connectivity index (χ1n) is 5.65. The lowest BCUT2D eigenvalue weighted by Crippen LogP contribution is -2.25. The Morgan fingerprint density at radius 1 is 1.42 bits per heavy atom. The van der Waals surface area contributed by atoms with Crippen LogP contribution < -0.4 is 22.5 Å². The molecule has 0 atom stereocenters. The minimum atomic E-state index is -0.807. The summed E-state index contributed by atoms with van der Waals surface area (Å²) in [5, 5.41) is 2.26. The van der Waals surface area contributed by atoms with Gasteiger partial charge in [0.2, 0.25) is 0 Å². The van der Waals surface area contributed by atoms with E-state index in [1.807, 2.05) is 6.92 Å². The zero-order valence-electron chi connectivity index (χ0n) is 10.5. The number of hydrogen-bond donors (Lipinski definition) is 4. The number of halogens is 1. The molecule has 0 bridgehead atoms. The normalized spacial score (nSPS) is 11.4. The van der Waals surface area contributed by atoms with E-state index < -0.39 is 6.03 Å². The third-order valence-electron chi connectivity index (χ3n) is 2.16. The van der Waals surface area contributed by atoms with Crippen molar-refractivity contribution in [3.8, 4) is 0 Å². The number of carbonyl (C=O) groups is 1. The molecule has 7 N–H and O–H groups in total. The average molecular weight is 286 g/mol. The standard InChI is InChI=1S/C10H16ClN7O/c1-2-3-4-15-7(12)5-9(18-10(14)19)17-8(13)6(11)16-5/h2-4H2,1H3,(H2,12,15)(H5,13,14,17,18,19). The topological polar surface area (TPSA) is 145 Å². The van der Waals surface area contributed by atoms with E-state index in [4.69, 9.17) is 28.8 Å². The van der Waals surface area contributed by atoms with Crippen LogP contribution in [0.15, 0.2) is 4.99 Å². The molecule has 104 valence electrons. The second kappa shape index (κ2) is 6.74. The zero-order chi connectivity index (χ0) is 14.4. The first-order chi connectivity index (χ1) is 8.95. The van der Waals surface area contributed by atoms with Crippen LogP contribution in [0.4, 0.5) is 16.4 Å². The van der Waals surface area contributed by atoms with Gasteiger partial charge in [-0.3, -0.25) is 10.3 Å². The first-order valence-corrected chi connectivity index (χ1v) is 6.03. The molecule has 0 aliphatic heterocycles. The SMILES string of the molecule is CCCCN=C(N)c1nc(Cl)c(N)nc1NC(N)=O. The van der Waals surface area contributed by atoms with Crippen molar-refractivity contribution in [1.82, 2.24) is 9.97 Å². The van der Waals surface area contributed by atoms with Crippen LogP contribution in [0.1, 0.15) is 25.5 Å². The van der Waals surface area contributed by atoms with Gasteiger partial charge in [0.1, 0.15) is 11.5 Å². The van der Waals surface area contributed by atoms with Gasteiger partial charge in [-0.25, -0.2) is 14.8 Å². The van der Waals surface area contributed by atoms with E-state index in [0.717, 1.165) is 12.8 Å². The van der Waals surface area contributed by atoms with Crippen molar-refractivity contribution >= 4 is 35.1 Å². The largest absolute Gasteiger partial charge is 0.382 e. The quantitative estimate of drug-likeness (QED) is 0.357. The first kappa shape index (κ1) is 15.0. The van der Waals surface area contributed by atoms with E-state index in [-0.39, 0.29) is 28.3 Å². The molecule has 0 spiro atoms. The van der Waals surface area contributed by atoms with Gasteiger partial charge in [0.15, 0.2) is 16.8 Å². The summed E-state index contributed by atoms with van der Waals surface area (Å²) in [5.74, 6) is 0.120. The Hall–Kier alpha value is -2.09. The highest BCUT2D eigenvalue weighted by Gasteiger charge is 2.15. The molecule has 19 heavy (non-hydrogen) atoms. The van der Waals surface area contributed by atoms with Crippen molar-refractivity contribution in [3.63, 3.8) is 0 Å². The summed E-state index contributed by atoms with van der Waals surface area (Å²) in [6.07, 6.45) is 1.87. The smallest absolute Gasteiger partial charge is 0.317 e. The van der Waals surface area contributed by atoms with Crippen LogP contribution >= 0.6 is 11.6 Å². The van der Waals surface area contributed by atoms with Gasteiger partial charge in [0.25, 0.3) is 0 Å². The Morgan fingerprint density at radius 2 is 2.11 bits per heavy atom. The number of amides is 2. The predicted molar refractivity (Wildman–Crippen MR) is 75.2 cm³/mol. The molecule has 0 unspecified atom stereocenters. The number of nitrogens with one attached hydrogen (secondary N) is 1. The monoisotopic (exact) mass is 285 g/mol. The third-order valence-corrected chi connectivity index (χ3v) is 2.43. The second-order valence-electron chi connectivity index (χ2n) is 3.71. The van der Waals surface area contributed by atoms with Crippen LogP contribution in [0, 0.1) is 0 Å². The van der Waals surface area contributed by atoms with Crippen molar-refractivity contribution in [2.45, 2.75) is 19.8 Å². The van der Waals surface area contributed by atoms with Gasteiger partial charge >= 0.3 is 6.03 Å². The molecule has 1 rings (SSSR count). The summed E-state index contributed by atoms with van der Waals surface area (Å²) in [5.41, 5.74) is 16.5. The molecule has 1 aromatic rings. The third kappa shape index (κ3) is 4.25. The molecule has 0 aromatic carbocycles. The fraction of sp³-hybridized carbons (Fsp3) is 0.400. The maximum Gasteiger partial charge on any atom is 0.317 e. The van der Waals surface area contributed by atoms with Gasteiger partial charge in [-0.2, -0.15) is 0 Å². The minimum Gasteiger partial charge on any atom is -0.382 e. The molecule has 2 amide bonds. The van der Waals surface area contributed by atoms with E-state index in [0.29, 0.717) is 6.54 Å². The van der Waals surface area contributed by atoms with Crippen LogP contribution in [-0.2, 0) is 0 Å². The average Bonchev–Trinajstić information content (AvgIpc) is 2.33. The highest BCUT2D eigenvalue weighted by atomic mass is 35.5. The van der Waals surface area contributed by atoms with Crippen molar-refractivity contribution in [2.24, 2.45) is 16.5 Å². The molecule has 9 heteroatoms. The zero-order valence-corrected chi connectivity index (χ0v) is 11.2. The number of nitrogens with zero attached hydrogens (tertiary/aromatic N) is 3. The van der Waals surface area contributed by atoms with E-state index in [9.17, 15) is 4.79 Å². The molecular weight excluding hydrogens is 270 g/mol. The van der Waals surface area contributed by atoms with Crippen molar-refractivity contribution in [1.29, 1.82) is 0 Å². The van der Waals surface area contributed by atoms with Crippen molar-refractivity contribution in [2.75, 3.05) is 17.6 Å². The minimum absolute atomic E-state index is 0.0151. The molecule has 0 fully saturated rings. The molecule has 1 aromatic heterocycles. The van der Waals surface area contributed by atoms with E-state index in [1.54, 1.807) is 0 Å². The number of aromatic nitrogens is 2. The van der Waals surface area contributed by atoms with E-state index in [2.05, 4.69) is 20.3 Å². The maximum absolute atomic E-state index is 10.9. The summed E-state index contributed by atoms with van der Waals surface area (Å²) in [6.45, 7) is 2.58. The Kier molecular flexibility index (Phi) is 5.31. The van der Waals surface area contributed by atoms with Crippen LogP contribution in [-0.4, -0.2) is 28.4 Å². The molecule has 1 heterocycles. The van der Waals surface area contributed by atoms with Gasteiger partial charge in [-0.15, -0.1) is 0 Å². The van der Waals surface area contributed by atoms with E-state index >= 15 is 0 Å². The maximum atomic E-state index is 10.9. The molecular formula is C10H16ClN7O. The number of carbonyl (C=O) groups excluding carboxylic acids is 1. The lowest BCUT2D eigenvalue weighted by molar-refractivity contribution is 0.259. The highest BCUT2D eigenvalue weighted by molar-refractivity contribution is 6.31. The van der Waals surface area contributed by atoms with Crippen molar-refractivity contribution < 1.29 is 4.79 Å². The number of unbranched alkanes of at least 4 members (excludes halogenated alkanes) is 1. The fourth-order valence-electron chi connectivity index (χ4n) is 1.24. The lowest BCUT2D eigenvalue weighted by atomic mass is 10.3. The summed E-state index contributed by atoms with van der Waals surface area (Å²) < 4.78 is 0. The number of urea groups is 1. The Bertz CT molecular complexity index is 503. The molecule has 0 saturated heterocycles. The molecule has 0 saturated carbocycles. The Morgan fingerprint density at radius 3 is 2.68 bits per heavy atom. The summed E-state index contributed by atoms with van der Waals surface area (Å²) in [6, 6.07) is -0.807. The predicted octanol–water partition coefficient (Wildman–Crippen LogP) is 0.708. The molecule has 8 nitrogen and oxygen atoms in total. The van der Waals surface area contributed by atoms with Gasteiger partial charge in [-0.1, -0.05) is 24.9 Å².